The van der Waals surface area contributed by atoms with Gasteiger partial charge in [0.05, 0.1) is 12.3 Å². The van der Waals surface area contributed by atoms with Crippen LogP contribution in [-0.2, 0) is 17.3 Å². The Kier molecular flexibility index (Phi) is 5.97. The number of carbonyl (C=O) groups excluding carboxylic acids is 1. The summed E-state index contributed by atoms with van der Waals surface area (Å²) >= 11 is 0. The molecule has 4 nitrogen and oxygen atoms in total. The highest BCUT2D eigenvalue weighted by Gasteiger charge is 2.33. The first kappa shape index (κ1) is 19.4. The summed E-state index contributed by atoms with van der Waals surface area (Å²) in [7, 11) is 0. The molecule has 0 atom stereocenters. The molecule has 0 aliphatic heterocycles. The number of hydrogen-bond acceptors (Lipinski definition) is 4. The number of nitrogens with zero attached hydrogens (tertiary/aromatic N) is 1. The van der Waals surface area contributed by atoms with E-state index in [0.29, 0.717) is 17.3 Å². The van der Waals surface area contributed by atoms with E-state index in [9.17, 15) is 22.4 Å². The molecule has 138 valence electrons. The van der Waals surface area contributed by atoms with Crippen molar-refractivity contribution in [2.45, 2.75) is 19.5 Å². The minimum atomic E-state index is -4.68. The van der Waals surface area contributed by atoms with Gasteiger partial charge in [-0.05, 0) is 43.2 Å². The topological polar surface area (TPSA) is 51.2 Å². The fourth-order valence-corrected chi connectivity index (χ4v) is 2.24. The zero-order chi connectivity index (χ0) is 19.3. The Balaban J connectivity index is 2.52. The summed E-state index contributed by atoms with van der Waals surface area (Å²) in [6.07, 6.45) is -2.07. The number of benzene rings is 1. The number of alkyl halides is 3. The maximum atomic E-state index is 13.4. The molecular weight excluding hydrogens is 352 g/mol. The van der Waals surface area contributed by atoms with Crippen molar-refractivity contribution in [3.05, 3.63) is 65.8 Å². The Morgan fingerprint density at radius 2 is 2.04 bits per heavy atom. The van der Waals surface area contributed by atoms with Gasteiger partial charge in [-0.15, -0.1) is 6.58 Å². The SMILES string of the molecule is C=CCc1cc(F)ccc1Nc1cc(C(F)(F)F)ncc1C(=O)OCC. The number of carbonyl (C=O) groups is 1. The van der Waals surface area contributed by atoms with Crippen LogP contribution in [0.25, 0.3) is 0 Å². The molecule has 2 rings (SSSR count). The van der Waals surface area contributed by atoms with Crippen molar-refractivity contribution < 1.29 is 27.1 Å². The highest BCUT2D eigenvalue weighted by molar-refractivity contribution is 5.96. The van der Waals surface area contributed by atoms with Crippen LogP contribution >= 0.6 is 0 Å². The lowest BCUT2D eigenvalue weighted by Gasteiger charge is -2.16. The van der Waals surface area contributed by atoms with Gasteiger partial charge in [0.15, 0.2) is 0 Å². The number of aromatic nitrogens is 1. The second kappa shape index (κ2) is 7.99. The second-order valence-corrected chi connectivity index (χ2v) is 5.25. The lowest BCUT2D eigenvalue weighted by Crippen LogP contribution is -2.14. The maximum absolute atomic E-state index is 13.4. The zero-order valence-electron chi connectivity index (χ0n) is 13.9. The van der Waals surface area contributed by atoms with Crippen LogP contribution in [0.2, 0.25) is 0 Å². The molecular formula is C18H16F4N2O2. The van der Waals surface area contributed by atoms with Crippen molar-refractivity contribution in [2.75, 3.05) is 11.9 Å². The number of allylic oxidation sites excluding steroid dienone is 1. The second-order valence-electron chi connectivity index (χ2n) is 5.25. The first-order valence-electron chi connectivity index (χ1n) is 7.67. The van der Waals surface area contributed by atoms with Gasteiger partial charge in [-0.3, -0.25) is 4.98 Å². The molecule has 0 saturated heterocycles. The first-order valence-corrected chi connectivity index (χ1v) is 7.67. The monoisotopic (exact) mass is 368 g/mol. The van der Waals surface area contributed by atoms with Crippen LogP contribution in [0.1, 0.15) is 28.5 Å². The molecule has 1 aromatic heterocycles. The number of anilines is 2. The minimum absolute atomic E-state index is 0.0531. The molecule has 1 aromatic carbocycles. The Bertz CT molecular complexity index is 819. The quantitative estimate of drug-likeness (QED) is 0.448. The molecule has 1 N–H and O–H groups in total. The van der Waals surface area contributed by atoms with E-state index in [1.54, 1.807) is 6.92 Å². The van der Waals surface area contributed by atoms with Crippen LogP contribution in [0, 0.1) is 5.82 Å². The molecule has 0 aliphatic carbocycles. The number of pyridine rings is 1. The molecule has 0 spiro atoms. The molecule has 2 aromatic rings. The molecule has 0 fully saturated rings. The maximum Gasteiger partial charge on any atom is 0.433 e. The Hall–Kier alpha value is -2.90. The van der Waals surface area contributed by atoms with Crippen LogP contribution < -0.4 is 5.32 Å². The number of halogens is 4. The fraction of sp³-hybridized carbons (Fsp3) is 0.222. The standard InChI is InChI=1S/C18H16F4N2O2/c1-3-5-11-8-12(19)6-7-14(11)24-15-9-16(18(20,21)22)23-10-13(15)17(25)26-4-2/h3,6-10H,1,4-5H2,2H3,(H,23,24). The predicted molar refractivity (Wildman–Crippen MR) is 88.8 cm³/mol. The van der Waals surface area contributed by atoms with E-state index in [1.807, 2.05) is 0 Å². The number of hydrogen-bond donors (Lipinski definition) is 1. The molecule has 1 heterocycles. The number of ether oxygens (including phenoxy) is 1. The highest BCUT2D eigenvalue weighted by Crippen LogP contribution is 2.32. The van der Waals surface area contributed by atoms with E-state index in [-0.39, 0.29) is 24.3 Å². The molecule has 0 aliphatic rings. The average Bonchev–Trinajstić information content (AvgIpc) is 2.57. The van der Waals surface area contributed by atoms with Gasteiger partial charge in [0.25, 0.3) is 0 Å². The predicted octanol–water partition coefficient (Wildman–Crippen LogP) is 4.89. The summed E-state index contributed by atoms with van der Waals surface area (Å²) in [6.45, 7) is 5.19. The van der Waals surface area contributed by atoms with Crippen LogP contribution in [0.5, 0.6) is 0 Å². The Labute approximate surface area is 147 Å². The van der Waals surface area contributed by atoms with Crippen molar-refractivity contribution in [1.82, 2.24) is 4.98 Å². The van der Waals surface area contributed by atoms with Gasteiger partial charge in [0.1, 0.15) is 17.1 Å². The number of esters is 1. The molecule has 26 heavy (non-hydrogen) atoms. The van der Waals surface area contributed by atoms with Crippen molar-refractivity contribution in [1.29, 1.82) is 0 Å². The number of nitrogens with one attached hydrogen (secondary N) is 1. The van der Waals surface area contributed by atoms with E-state index >= 15 is 0 Å². The summed E-state index contributed by atoms with van der Waals surface area (Å²) in [5.74, 6) is -1.31. The summed E-state index contributed by atoms with van der Waals surface area (Å²) in [4.78, 5) is 15.3. The van der Waals surface area contributed by atoms with Crippen molar-refractivity contribution in [2.24, 2.45) is 0 Å². The number of rotatable bonds is 6. The first-order chi connectivity index (χ1) is 12.3. The molecule has 0 amide bonds. The van der Waals surface area contributed by atoms with Gasteiger partial charge in [0, 0.05) is 11.9 Å². The van der Waals surface area contributed by atoms with E-state index in [1.165, 1.54) is 18.2 Å². The van der Waals surface area contributed by atoms with Gasteiger partial charge in [-0.1, -0.05) is 6.08 Å². The summed E-state index contributed by atoms with van der Waals surface area (Å²) in [5.41, 5.74) is -0.645. The summed E-state index contributed by atoms with van der Waals surface area (Å²) < 4.78 is 57.2. The van der Waals surface area contributed by atoms with E-state index in [2.05, 4.69) is 16.9 Å². The van der Waals surface area contributed by atoms with Gasteiger partial charge in [-0.25, -0.2) is 9.18 Å². The van der Waals surface area contributed by atoms with Crippen molar-refractivity contribution >= 4 is 17.3 Å². The normalized spacial score (nSPS) is 11.1. The molecule has 0 saturated carbocycles. The van der Waals surface area contributed by atoms with Gasteiger partial charge in [-0.2, -0.15) is 13.2 Å². The Morgan fingerprint density at radius 3 is 2.65 bits per heavy atom. The lowest BCUT2D eigenvalue weighted by molar-refractivity contribution is -0.141. The molecule has 0 bridgehead atoms. The summed E-state index contributed by atoms with van der Waals surface area (Å²) in [6, 6.07) is 4.48. The van der Waals surface area contributed by atoms with Crippen LogP contribution in [0.3, 0.4) is 0 Å². The van der Waals surface area contributed by atoms with Crippen molar-refractivity contribution in [3.63, 3.8) is 0 Å². The highest BCUT2D eigenvalue weighted by atomic mass is 19.4. The lowest BCUT2D eigenvalue weighted by atomic mass is 10.1. The van der Waals surface area contributed by atoms with Gasteiger partial charge in [0.2, 0.25) is 0 Å². The third-order valence-corrected chi connectivity index (χ3v) is 3.39. The summed E-state index contributed by atoms with van der Waals surface area (Å²) in [5, 5.41) is 2.75. The minimum Gasteiger partial charge on any atom is -0.462 e. The molecule has 0 unspecified atom stereocenters. The van der Waals surface area contributed by atoms with E-state index in [0.717, 1.165) is 12.3 Å². The van der Waals surface area contributed by atoms with Crippen LogP contribution in [0.4, 0.5) is 28.9 Å². The zero-order valence-corrected chi connectivity index (χ0v) is 13.9. The molecule has 0 radical (unpaired) electrons. The fourth-order valence-electron chi connectivity index (χ4n) is 2.24. The molecule has 8 heteroatoms. The van der Waals surface area contributed by atoms with Crippen LogP contribution in [0.15, 0.2) is 43.1 Å². The smallest absolute Gasteiger partial charge is 0.433 e. The van der Waals surface area contributed by atoms with Gasteiger partial charge >= 0.3 is 12.1 Å². The van der Waals surface area contributed by atoms with Crippen molar-refractivity contribution in [3.8, 4) is 0 Å². The van der Waals surface area contributed by atoms with Crippen LogP contribution in [-0.4, -0.2) is 17.6 Å². The van der Waals surface area contributed by atoms with E-state index < -0.39 is 23.7 Å². The van der Waals surface area contributed by atoms with Gasteiger partial charge < -0.3 is 10.1 Å². The third kappa shape index (κ3) is 4.59. The average molecular weight is 368 g/mol. The van der Waals surface area contributed by atoms with E-state index in [4.69, 9.17) is 4.74 Å². The Morgan fingerprint density at radius 1 is 1.31 bits per heavy atom. The largest absolute Gasteiger partial charge is 0.462 e. The third-order valence-electron chi connectivity index (χ3n) is 3.39.